The number of hydrogen-bond donors (Lipinski definition) is 0. The largest absolute Gasteiger partial charge is 0.441 e. The Morgan fingerprint density at radius 1 is 0.717 bits per heavy atom. The molecule has 11 heteroatoms. The number of hydrogen-bond acceptors (Lipinski definition) is 9. The third-order valence-electron chi connectivity index (χ3n) is 8.05. The zero-order valence-electron chi connectivity index (χ0n) is 32.4. The molecule has 0 aromatic heterocycles. The van der Waals surface area contributed by atoms with Crippen molar-refractivity contribution in [1.29, 1.82) is 5.26 Å². The lowest BCUT2D eigenvalue weighted by Gasteiger charge is -2.27. The lowest BCUT2D eigenvalue weighted by Crippen LogP contribution is -2.43. The van der Waals surface area contributed by atoms with Crippen LogP contribution in [-0.4, -0.2) is 57.8 Å². The van der Waals surface area contributed by atoms with E-state index >= 15 is 0 Å². The van der Waals surface area contributed by atoms with Crippen molar-refractivity contribution in [2.45, 2.75) is 107 Å². The van der Waals surface area contributed by atoms with E-state index < -0.39 is 41.7 Å². The molecule has 3 atom stereocenters. The van der Waals surface area contributed by atoms with Crippen molar-refractivity contribution in [2.75, 3.05) is 0 Å². The monoisotopic (exact) mass is 727 g/mol. The maximum atomic E-state index is 12.6. The van der Waals surface area contributed by atoms with Crippen LogP contribution in [0.15, 0.2) is 71.8 Å². The minimum absolute atomic E-state index is 0.198. The molecule has 2 aromatic rings. The van der Waals surface area contributed by atoms with E-state index in [0.717, 1.165) is 36.9 Å². The van der Waals surface area contributed by atoms with E-state index in [1.165, 1.54) is 31.9 Å². The van der Waals surface area contributed by atoms with Crippen LogP contribution in [0.2, 0.25) is 0 Å². The quantitative estimate of drug-likeness (QED) is 0.0908. The number of carbonyl (C=O) groups is 7. The maximum absolute atomic E-state index is 12.6. The van der Waals surface area contributed by atoms with Crippen LogP contribution >= 0.6 is 0 Å². The van der Waals surface area contributed by atoms with Crippen LogP contribution in [0.5, 0.6) is 0 Å². The van der Waals surface area contributed by atoms with Gasteiger partial charge < -0.3 is 9.53 Å². The average molecular weight is 728 g/mol. The van der Waals surface area contributed by atoms with Gasteiger partial charge in [0, 0.05) is 33.6 Å². The fourth-order valence-electron chi connectivity index (χ4n) is 5.40. The molecule has 0 saturated heterocycles. The van der Waals surface area contributed by atoms with Crippen LogP contribution in [0.3, 0.4) is 0 Å². The summed E-state index contributed by atoms with van der Waals surface area (Å²) in [5.74, 6) is -2.16. The number of ether oxygens (including phenoxy) is 1. The molecule has 0 fully saturated rings. The van der Waals surface area contributed by atoms with Gasteiger partial charge in [-0.15, -0.1) is 0 Å². The summed E-state index contributed by atoms with van der Waals surface area (Å²) in [6, 6.07) is 14.8. The third kappa shape index (κ3) is 14.6. The number of benzene rings is 2. The number of rotatable bonds is 12. The van der Waals surface area contributed by atoms with Gasteiger partial charge in [0.15, 0.2) is 6.23 Å². The van der Waals surface area contributed by atoms with Crippen molar-refractivity contribution in [3.63, 3.8) is 0 Å². The average Bonchev–Trinajstić information content (AvgIpc) is 3.49. The van der Waals surface area contributed by atoms with Gasteiger partial charge in [-0.25, -0.2) is 9.80 Å². The third-order valence-corrected chi connectivity index (χ3v) is 8.05. The smallest absolute Gasteiger partial charge is 0.304 e. The molecule has 0 spiro atoms. The summed E-state index contributed by atoms with van der Waals surface area (Å²) in [6.45, 7) is 16.4. The molecular formula is C42H53N3O8. The molecule has 4 rings (SSSR count). The SMILES string of the molecule is CC#N.CC(=O)N1C(=O)c2ccccc2C1=O.CC(=O)OC(CC(C)CCC=C(C)C)N1C(=O)c2ccccc2C1=O.CC(C)=CCCC(C)CC=O. The van der Waals surface area contributed by atoms with Crippen molar-refractivity contribution in [3.8, 4) is 6.07 Å². The molecule has 2 aliphatic heterocycles. The van der Waals surface area contributed by atoms with Crippen molar-refractivity contribution in [2.24, 2.45) is 11.8 Å². The molecule has 2 heterocycles. The van der Waals surface area contributed by atoms with Crippen molar-refractivity contribution < 1.29 is 38.3 Å². The number of amides is 5. The topological polar surface area (TPSA) is 159 Å². The van der Waals surface area contributed by atoms with Crippen molar-refractivity contribution in [1.82, 2.24) is 9.80 Å². The van der Waals surface area contributed by atoms with Crippen molar-refractivity contribution >= 4 is 41.8 Å². The van der Waals surface area contributed by atoms with E-state index in [9.17, 15) is 33.6 Å². The van der Waals surface area contributed by atoms with E-state index in [1.807, 2.05) is 20.8 Å². The molecule has 0 aliphatic carbocycles. The van der Waals surface area contributed by atoms with Crippen LogP contribution in [0.25, 0.3) is 0 Å². The highest BCUT2D eigenvalue weighted by molar-refractivity contribution is 6.28. The Bertz CT molecular complexity index is 1660. The van der Waals surface area contributed by atoms with E-state index in [1.54, 1.807) is 54.6 Å². The van der Waals surface area contributed by atoms with Crippen molar-refractivity contribution in [3.05, 3.63) is 94.1 Å². The lowest BCUT2D eigenvalue weighted by atomic mass is 9.99. The van der Waals surface area contributed by atoms with E-state index in [2.05, 4.69) is 32.9 Å². The predicted molar refractivity (Wildman–Crippen MR) is 202 cm³/mol. The van der Waals surface area contributed by atoms with Gasteiger partial charge in [-0.3, -0.25) is 28.8 Å². The Kier molecular flexibility index (Phi) is 19.9. The van der Waals surface area contributed by atoms with Gasteiger partial charge in [-0.05, 0) is 89.5 Å². The molecular weight excluding hydrogens is 674 g/mol. The van der Waals surface area contributed by atoms with Gasteiger partial charge in [-0.2, -0.15) is 5.26 Å². The highest BCUT2D eigenvalue weighted by atomic mass is 16.6. The standard InChI is InChI=1S/C20H25NO4.C10H7NO3.C10H18O.C2H3N/c1-13(2)8-7-9-14(3)12-18(25-15(4)22)21-19(23)16-10-5-6-11-17(16)20(21)24;1-6(12)11-9(13)7-4-2-3-5-8(7)10(11)14;1-9(2)5-4-6-10(3)7-8-11;1-2-3/h5-6,8,10-11,14,18H,7,9,12H2,1-4H3;2-5H,1H3;5,8,10H,4,6-7H2,1-3H3;1H3. The summed E-state index contributed by atoms with van der Waals surface area (Å²) < 4.78 is 5.33. The maximum Gasteiger partial charge on any atom is 0.304 e. The molecule has 0 saturated carbocycles. The first-order chi connectivity index (χ1) is 25.0. The lowest BCUT2D eigenvalue weighted by molar-refractivity contribution is -0.153. The summed E-state index contributed by atoms with van der Waals surface area (Å²) in [6.07, 6.45) is 9.70. The Balaban J connectivity index is 0.000000422. The molecule has 11 nitrogen and oxygen atoms in total. The zero-order chi connectivity index (χ0) is 40.2. The Morgan fingerprint density at radius 3 is 1.43 bits per heavy atom. The van der Waals surface area contributed by atoms with Gasteiger partial charge in [-0.1, -0.05) is 61.4 Å². The fraction of sp³-hybridized carbons (Fsp3) is 0.429. The summed E-state index contributed by atoms with van der Waals surface area (Å²) >= 11 is 0. The van der Waals surface area contributed by atoms with Crippen LogP contribution in [0.1, 0.15) is 142 Å². The summed E-state index contributed by atoms with van der Waals surface area (Å²) in [7, 11) is 0. The first kappa shape index (κ1) is 45.5. The molecule has 2 aromatic carbocycles. The normalized spacial score (nSPS) is 13.9. The van der Waals surface area contributed by atoms with Gasteiger partial charge in [0.05, 0.1) is 28.3 Å². The highest BCUT2D eigenvalue weighted by Gasteiger charge is 2.41. The van der Waals surface area contributed by atoms with Crippen LogP contribution < -0.4 is 0 Å². The first-order valence-electron chi connectivity index (χ1n) is 17.7. The molecule has 0 radical (unpaired) electrons. The van der Waals surface area contributed by atoms with E-state index in [-0.39, 0.29) is 5.92 Å². The Morgan fingerprint density at radius 2 is 1.09 bits per heavy atom. The molecule has 284 valence electrons. The molecule has 53 heavy (non-hydrogen) atoms. The molecule has 5 amide bonds. The minimum atomic E-state index is -0.869. The summed E-state index contributed by atoms with van der Waals surface area (Å²) in [5, 5.41) is 7.32. The minimum Gasteiger partial charge on any atom is -0.441 e. The summed E-state index contributed by atoms with van der Waals surface area (Å²) in [4.78, 5) is 82.7. The number of fused-ring (bicyclic) bond motifs is 2. The second-order valence-electron chi connectivity index (χ2n) is 13.4. The zero-order valence-corrected chi connectivity index (χ0v) is 32.4. The van der Waals surface area contributed by atoms with Gasteiger partial charge in [0.25, 0.3) is 23.6 Å². The highest BCUT2D eigenvalue weighted by Crippen LogP contribution is 2.28. The summed E-state index contributed by atoms with van der Waals surface area (Å²) in [5.41, 5.74) is 3.94. The molecule has 2 aliphatic rings. The number of nitriles is 1. The second-order valence-corrected chi connectivity index (χ2v) is 13.4. The molecule has 0 bridgehead atoms. The van der Waals surface area contributed by atoms with Crippen LogP contribution in [0, 0.1) is 23.2 Å². The fourth-order valence-corrected chi connectivity index (χ4v) is 5.40. The molecule has 0 N–H and O–H groups in total. The Hall–Kier alpha value is -5.50. The second kappa shape index (κ2) is 23.1. The number of esters is 1. The number of nitrogens with zero attached hydrogens (tertiary/aromatic N) is 3. The van der Waals surface area contributed by atoms with Crippen LogP contribution in [0.4, 0.5) is 0 Å². The van der Waals surface area contributed by atoms with E-state index in [0.29, 0.717) is 45.9 Å². The number of aldehydes is 1. The number of imide groups is 4. The van der Waals surface area contributed by atoms with Gasteiger partial charge in [0.2, 0.25) is 5.91 Å². The van der Waals surface area contributed by atoms with Gasteiger partial charge >= 0.3 is 5.97 Å². The van der Waals surface area contributed by atoms with Crippen LogP contribution in [-0.2, 0) is 19.1 Å². The van der Waals surface area contributed by atoms with Gasteiger partial charge in [0.1, 0.15) is 6.29 Å². The number of carbonyl (C=O) groups excluding carboxylic acids is 7. The Labute approximate surface area is 313 Å². The van der Waals surface area contributed by atoms with E-state index in [4.69, 9.17) is 10.00 Å². The number of allylic oxidation sites excluding steroid dienone is 4. The molecule has 3 unspecified atom stereocenters. The predicted octanol–water partition coefficient (Wildman–Crippen LogP) is 8.26. The first-order valence-corrected chi connectivity index (χ1v) is 17.7.